The molecule has 7 heteroatoms. The van der Waals surface area contributed by atoms with E-state index in [1.54, 1.807) is 26.8 Å². The van der Waals surface area contributed by atoms with Crippen LogP contribution in [0.3, 0.4) is 0 Å². The Balaban J connectivity index is 3.09. The molecule has 104 valence electrons. The molecule has 0 saturated carbocycles. The topological polar surface area (TPSA) is 72.7 Å². The third-order valence-electron chi connectivity index (χ3n) is 2.16. The monoisotopic (exact) mass is 330 g/mol. The number of amides is 1. The van der Waals surface area contributed by atoms with Crippen LogP contribution in [0.4, 0.5) is 16.2 Å². The molecule has 0 unspecified atom stereocenters. The van der Waals surface area contributed by atoms with Gasteiger partial charge in [-0.2, -0.15) is 0 Å². The van der Waals surface area contributed by atoms with Crippen LogP contribution in [0, 0.1) is 10.1 Å². The summed E-state index contributed by atoms with van der Waals surface area (Å²) in [5, 5.41) is 11.0. The minimum Gasteiger partial charge on any atom is -0.443 e. The van der Waals surface area contributed by atoms with E-state index in [9.17, 15) is 14.9 Å². The van der Waals surface area contributed by atoms with Crippen molar-refractivity contribution in [2.24, 2.45) is 0 Å². The number of rotatable bonds is 2. The van der Waals surface area contributed by atoms with Crippen LogP contribution < -0.4 is 4.90 Å². The number of halogens is 1. The smallest absolute Gasteiger partial charge is 0.414 e. The zero-order chi connectivity index (χ0) is 14.8. The maximum Gasteiger partial charge on any atom is 0.414 e. The van der Waals surface area contributed by atoms with Gasteiger partial charge in [-0.25, -0.2) is 4.79 Å². The highest BCUT2D eigenvalue weighted by Gasteiger charge is 2.25. The molecular weight excluding hydrogens is 316 g/mol. The van der Waals surface area contributed by atoms with Crippen molar-refractivity contribution in [3.63, 3.8) is 0 Å². The van der Waals surface area contributed by atoms with Crippen molar-refractivity contribution in [2.75, 3.05) is 11.9 Å². The molecular formula is C12H15BrN2O4. The maximum atomic E-state index is 11.9. The van der Waals surface area contributed by atoms with E-state index >= 15 is 0 Å². The van der Waals surface area contributed by atoms with E-state index in [-0.39, 0.29) is 11.4 Å². The molecule has 0 aliphatic heterocycles. The zero-order valence-electron chi connectivity index (χ0n) is 11.1. The van der Waals surface area contributed by atoms with Gasteiger partial charge in [-0.3, -0.25) is 15.0 Å². The van der Waals surface area contributed by atoms with Crippen molar-refractivity contribution in [3.05, 3.63) is 32.8 Å². The van der Waals surface area contributed by atoms with Crippen molar-refractivity contribution in [1.82, 2.24) is 0 Å². The van der Waals surface area contributed by atoms with Crippen LogP contribution >= 0.6 is 15.9 Å². The molecule has 19 heavy (non-hydrogen) atoms. The Bertz CT molecular complexity index is 511. The molecule has 0 radical (unpaired) electrons. The number of carbonyl (C=O) groups is 1. The van der Waals surface area contributed by atoms with Crippen LogP contribution in [0.5, 0.6) is 0 Å². The molecule has 0 bridgehead atoms. The summed E-state index contributed by atoms with van der Waals surface area (Å²) in [7, 11) is 1.43. The zero-order valence-corrected chi connectivity index (χ0v) is 12.7. The van der Waals surface area contributed by atoms with E-state index in [1.165, 1.54) is 19.2 Å². The Morgan fingerprint density at radius 1 is 1.42 bits per heavy atom. The lowest BCUT2D eigenvalue weighted by Crippen LogP contribution is -2.34. The highest BCUT2D eigenvalue weighted by Crippen LogP contribution is 2.31. The molecule has 1 rings (SSSR count). The van der Waals surface area contributed by atoms with Gasteiger partial charge in [0, 0.05) is 17.6 Å². The number of anilines is 1. The minimum atomic E-state index is -0.657. The number of nitrogens with zero attached hydrogens (tertiary/aromatic N) is 2. The molecule has 0 aromatic heterocycles. The third-order valence-corrected chi connectivity index (χ3v) is 2.66. The number of nitro groups is 1. The average molecular weight is 331 g/mol. The van der Waals surface area contributed by atoms with Gasteiger partial charge in [-0.15, -0.1) is 0 Å². The summed E-state index contributed by atoms with van der Waals surface area (Å²) in [5.74, 6) is 0. The molecule has 1 aromatic rings. The van der Waals surface area contributed by atoms with Crippen molar-refractivity contribution < 1.29 is 14.5 Å². The van der Waals surface area contributed by atoms with Crippen molar-refractivity contribution in [2.45, 2.75) is 26.4 Å². The molecule has 0 fully saturated rings. The SMILES string of the molecule is CN(C(=O)OC(C)(C)C)c1ccc(Br)cc1[N+](=O)[O-]. The highest BCUT2D eigenvalue weighted by molar-refractivity contribution is 9.10. The molecule has 0 atom stereocenters. The summed E-state index contributed by atoms with van der Waals surface area (Å²) >= 11 is 3.16. The van der Waals surface area contributed by atoms with Gasteiger partial charge in [-0.1, -0.05) is 15.9 Å². The van der Waals surface area contributed by atoms with E-state index < -0.39 is 16.6 Å². The fraction of sp³-hybridized carbons (Fsp3) is 0.417. The molecule has 0 heterocycles. The van der Waals surface area contributed by atoms with Gasteiger partial charge in [0.15, 0.2) is 0 Å². The van der Waals surface area contributed by atoms with Crippen LogP contribution in [0.2, 0.25) is 0 Å². The van der Waals surface area contributed by atoms with Crippen molar-refractivity contribution in [1.29, 1.82) is 0 Å². The standard InChI is InChI=1S/C12H15BrN2O4/c1-12(2,3)19-11(16)14(4)9-6-5-8(13)7-10(9)15(17)18/h5-7H,1-4H3. The first-order chi connectivity index (χ1) is 8.61. The van der Waals surface area contributed by atoms with E-state index in [0.717, 1.165) is 4.90 Å². The molecule has 0 aliphatic rings. The van der Waals surface area contributed by atoms with Crippen LogP contribution in [-0.4, -0.2) is 23.7 Å². The predicted octanol–water partition coefficient (Wildman–Crippen LogP) is 3.73. The summed E-state index contributed by atoms with van der Waals surface area (Å²) < 4.78 is 5.74. The number of benzene rings is 1. The average Bonchev–Trinajstić information content (AvgIpc) is 2.25. The van der Waals surface area contributed by atoms with E-state index in [4.69, 9.17) is 4.74 Å². The fourth-order valence-corrected chi connectivity index (χ4v) is 1.70. The lowest BCUT2D eigenvalue weighted by molar-refractivity contribution is -0.384. The van der Waals surface area contributed by atoms with Gasteiger partial charge in [0.2, 0.25) is 0 Å². The number of hydrogen-bond acceptors (Lipinski definition) is 4. The van der Waals surface area contributed by atoms with Crippen LogP contribution in [0.15, 0.2) is 22.7 Å². The Kier molecular flexibility index (Phi) is 4.52. The van der Waals surface area contributed by atoms with E-state index in [0.29, 0.717) is 4.47 Å². The Hall–Kier alpha value is -1.63. The third kappa shape index (κ3) is 4.20. The summed E-state index contributed by atoms with van der Waals surface area (Å²) in [6, 6.07) is 4.46. The first-order valence-electron chi connectivity index (χ1n) is 5.52. The van der Waals surface area contributed by atoms with Gasteiger partial charge < -0.3 is 4.74 Å². The second-order valence-electron chi connectivity index (χ2n) is 4.93. The maximum absolute atomic E-state index is 11.9. The fourth-order valence-electron chi connectivity index (χ4n) is 1.36. The molecule has 0 saturated heterocycles. The molecule has 1 aromatic carbocycles. The first kappa shape index (κ1) is 15.4. The summed E-state index contributed by atoms with van der Waals surface area (Å²) in [6.07, 6.45) is -0.641. The molecule has 6 nitrogen and oxygen atoms in total. The summed E-state index contributed by atoms with van der Waals surface area (Å²) in [4.78, 5) is 23.5. The quantitative estimate of drug-likeness (QED) is 0.611. The van der Waals surface area contributed by atoms with Gasteiger partial charge in [0.25, 0.3) is 5.69 Å². The number of carbonyl (C=O) groups excluding carboxylic acids is 1. The molecule has 1 amide bonds. The molecule has 0 aliphatic carbocycles. The number of nitro benzene ring substituents is 1. The van der Waals surface area contributed by atoms with Crippen LogP contribution in [-0.2, 0) is 4.74 Å². The van der Waals surface area contributed by atoms with Gasteiger partial charge >= 0.3 is 6.09 Å². The second-order valence-corrected chi connectivity index (χ2v) is 5.85. The van der Waals surface area contributed by atoms with Crippen LogP contribution in [0.1, 0.15) is 20.8 Å². The first-order valence-corrected chi connectivity index (χ1v) is 6.32. The predicted molar refractivity (Wildman–Crippen MR) is 75.4 cm³/mol. The lowest BCUT2D eigenvalue weighted by Gasteiger charge is -2.24. The summed E-state index contributed by atoms with van der Waals surface area (Å²) in [6.45, 7) is 5.19. The lowest BCUT2D eigenvalue weighted by atomic mass is 10.2. The van der Waals surface area contributed by atoms with Gasteiger partial charge in [0.05, 0.1) is 4.92 Å². The van der Waals surface area contributed by atoms with Gasteiger partial charge in [-0.05, 0) is 32.9 Å². The Labute approximate surface area is 119 Å². The van der Waals surface area contributed by atoms with Gasteiger partial charge in [0.1, 0.15) is 11.3 Å². The largest absolute Gasteiger partial charge is 0.443 e. The van der Waals surface area contributed by atoms with E-state index in [2.05, 4.69) is 15.9 Å². The molecule has 0 N–H and O–H groups in total. The van der Waals surface area contributed by atoms with E-state index in [1.807, 2.05) is 0 Å². The molecule has 0 spiro atoms. The second kappa shape index (κ2) is 5.56. The van der Waals surface area contributed by atoms with Crippen LogP contribution in [0.25, 0.3) is 0 Å². The minimum absolute atomic E-state index is 0.164. The number of ether oxygens (including phenoxy) is 1. The Morgan fingerprint density at radius 2 is 2.00 bits per heavy atom. The normalized spacial score (nSPS) is 11.0. The number of hydrogen-bond donors (Lipinski definition) is 0. The van der Waals surface area contributed by atoms with Crippen molar-refractivity contribution >= 4 is 33.4 Å². The Morgan fingerprint density at radius 3 is 2.47 bits per heavy atom. The summed E-state index contributed by atoms with van der Waals surface area (Å²) in [5.41, 5.74) is -0.639. The highest BCUT2D eigenvalue weighted by atomic mass is 79.9. The van der Waals surface area contributed by atoms with Crippen molar-refractivity contribution in [3.8, 4) is 0 Å².